The predicted molar refractivity (Wildman–Crippen MR) is 78.9 cm³/mol. The van der Waals surface area contributed by atoms with E-state index in [2.05, 4.69) is 20.7 Å². The lowest BCUT2D eigenvalue weighted by atomic mass is 10.1. The van der Waals surface area contributed by atoms with Crippen LogP contribution in [-0.2, 0) is 6.42 Å². The van der Waals surface area contributed by atoms with E-state index in [0.29, 0.717) is 18.8 Å². The molecular formula is C14H17N5O2. The number of rotatable bonds is 6. The number of ether oxygens (including phenoxy) is 1. The molecule has 110 valence electrons. The molecule has 21 heavy (non-hydrogen) atoms. The lowest BCUT2D eigenvalue weighted by Gasteiger charge is -2.06. The van der Waals surface area contributed by atoms with Gasteiger partial charge < -0.3 is 15.5 Å². The monoisotopic (exact) mass is 287 g/mol. The highest BCUT2D eigenvalue weighted by molar-refractivity contribution is 5.91. The van der Waals surface area contributed by atoms with Gasteiger partial charge in [0, 0.05) is 6.54 Å². The van der Waals surface area contributed by atoms with Crippen molar-refractivity contribution in [2.75, 3.05) is 19.1 Å². The fourth-order valence-electron chi connectivity index (χ4n) is 1.76. The van der Waals surface area contributed by atoms with Crippen molar-refractivity contribution in [3.8, 4) is 5.75 Å². The minimum atomic E-state index is -0.269. The Morgan fingerprint density at radius 2 is 2.19 bits per heavy atom. The topological polar surface area (TPSA) is 102 Å². The van der Waals surface area contributed by atoms with Gasteiger partial charge in [-0.3, -0.25) is 4.79 Å². The summed E-state index contributed by atoms with van der Waals surface area (Å²) in [7, 11) is 1.62. The van der Waals surface area contributed by atoms with Gasteiger partial charge in [0.15, 0.2) is 5.82 Å². The number of carbonyl (C=O) groups excluding carboxylic acids is 1. The van der Waals surface area contributed by atoms with Crippen molar-refractivity contribution >= 4 is 11.7 Å². The predicted octanol–water partition coefficient (Wildman–Crippen LogP) is 0.743. The normalized spacial score (nSPS) is 10.0. The summed E-state index contributed by atoms with van der Waals surface area (Å²) < 4.78 is 5.15. The zero-order chi connectivity index (χ0) is 15.1. The van der Waals surface area contributed by atoms with Crippen LogP contribution in [-0.4, -0.2) is 29.5 Å². The Bertz CT molecular complexity index is 601. The minimum absolute atomic E-state index is 0.250. The van der Waals surface area contributed by atoms with Crippen LogP contribution < -0.4 is 21.3 Å². The second kappa shape index (κ2) is 7.20. The van der Waals surface area contributed by atoms with E-state index in [9.17, 15) is 4.79 Å². The Balaban J connectivity index is 1.85. The summed E-state index contributed by atoms with van der Waals surface area (Å²) in [4.78, 5) is 19.8. The van der Waals surface area contributed by atoms with Crippen molar-refractivity contribution in [1.29, 1.82) is 0 Å². The summed E-state index contributed by atoms with van der Waals surface area (Å²) in [6, 6.07) is 7.72. The number of amides is 1. The van der Waals surface area contributed by atoms with Crippen molar-refractivity contribution in [2.24, 2.45) is 5.84 Å². The van der Waals surface area contributed by atoms with Crippen molar-refractivity contribution in [3.05, 3.63) is 47.9 Å². The highest BCUT2D eigenvalue weighted by Gasteiger charge is 2.07. The average Bonchev–Trinajstić information content (AvgIpc) is 2.55. The number of anilines is 1. The van der Waals surface area contributed by atoms with Crippen LogP contribution in [0.1, 0.15) is 16.1 Å². The molecule has 0 unspecified atom stereocenters. The summed E-state index contributed by atoms with van der Waals surface area (Å²) in [6.07, 6.45) is 3.48. The molecule has 2 aromatic rings. The highest BCUT2D eigenvalue weighted by atomic mass is 16.5. The number of hydrazine groups is 1. The molecule has 0 saturated carbocycles. The molecule has 1 aromatic carbocycles. The van der Waals surface area contributed by atoms with Crippen LogP contribution in [0.4, 0.5) is 5.82 Å². The number of nitrogens with zero attached hydrogens (tertiary/aromatic N) is 2. The average molecular weight is 287 g/mol. The van der Waals surface area contributed by atoms with Gasteiger partial charge in [-0.2, -0.15) is 0 Å². The molecular weight excluding hydrogens is 270 g/mol. The maximum absolute atomic E-state index is 11.9. The van der Waals surface area contributed by atoms with Crippen LogP contribution >= 0.6 is 0 Å². The van der Waals surface area contributed by atoms with E-state index in [0.717, 1.165) is 11.3 Å². The molecule has 2 rings (SSSR count). The Morgan fingerprint density at radius 1 is 1.33 bits per heavy atom. The minimum Gasteiger partial charge on any atom is -0.497 e. The third-order valence-corrected chi connectivity index (χ3v) is 2.87. The van der Waals surface area contributed by atoms with E-state index < -0.39 is 0 Å². The molecule has 0 radical (unpaired) electrons. The number of hydrogen-bond acceptors (Lipinski definition) is 6. The molecule has 0 saturated heterocycles. The van der Waals surface area contributed by atoms with E-state index in [1.807, 2.05) is 24.3 Å². The maximum atomic E-state index is 11.9. The standard InChI is InChI=1S/C14H17N5O2/c1-21-11-4-2-3-10(7-11)5-6-16-14(20)12-8-18-13(19-15)9-17-12/h2-4,7-9H,5-6,15H2,1H3,(H,16,20)(H,18,19). The first-order valence-corrected chi connectivity index (χ1v) is 6.42. The molecule has 1 heterocycles. The van der Waals surface area contributed by atoms with Crippen LogP contribution in [0.15, 0.2) is 36.7 Å². The number of nitrogens with two attached hydrogens (primary N) is 1. The highest BCUT2D eigenvalue weighted by Crippen LogP contribution is 2.12. The van der Waals surface area contributed by atoms with E-state index in [1.165, 1.54) is 12.4 Å². The fourth-order valence-corrected chi connectivity index (χ4v) is 1.76. The van der Waals surface area contributed by atoms with E-state index in [1.54, 1.807) is 7.11 Å². The second-order valence-corrected chi connectivity index (χ2v) is 4.29. The summed E-state index contributed by atoms with van der Waals surface area (Å²) in [5, 5.41) is 2.79. The van der Waals surface area contributed by atoms with Gasteiger partial charge in [0.05, 0.1) is 19.5 Å². The third kappa shape index (κ3) is 4.15. The van der Waals surface area contributed by atoms with Crippen molar-refractivity contribution in [2.45, 2.75) is 6.42 Å². The Hall–Kier alpha value is -2.67. The molecule has 0 aliphatic carbocycles. The van der Waals surface area contributed by atoms with Crippen LogP contribution in [0.25, 0.3) is 0 Å². The Kier molecular flexibility index (Phi) is 5.05. The first-order chi connectivity index (χ1) is 10.2. The number of carbonyl (C=O) groups is 1. The molecule has 0 bridgehead atoms. The summed E-state index contributed by atoms with van der Waals surface area (Å²) in [5.41, 5.74) is 3.69. The molecule has 0 fully saturated rings. The van der Waals surface area contributed by atoms with Crippen LogP contribution in [0, 0.1) is 0 Å². The zero-order valence-corrected chi connectivity index (χ0v) is 11.7. The first kappa shape index (κ1) is 14.7. The number of methoxy groups -OCH3 is 1. The smallest absolute Gasteiger partial charge is 0.271 e. The lowest BCUT2D eigenvalue weighted by Crippen LogP contribution is -2.26. The number of nitrogens with one attached hydrogen (secondary N) is 2. The van der Waals surface area contributed by atoms with Crippen LogP contribution in [0.2, 0.25) is 0 Å². The molecule has 1 aromatic heterocycles. The maximum Gasteiger partial charge on any atom is 0.271 e. The van der Waals surface area contributed by atoms with E-state index in [4.69, 9.17) is 10.6 Å². The molecule has 0 aliphatic heterocycles. The Morgan fingerprint density at radius 3 is 2.86 bits per heavy atom. The molecule has 0 aliphatic rings. The summed E-state index contributed by atoms with van der Waals surface area (Å²) >= 11 is 0. The Labute approximate surface area is 122 Å². The fraction of sp³-hybridized carbons (Fsp3) is 0.214. The SMILES string of the molecule is COc1cccc(CCNC(=O)c2cnc(NN)cn2)c1. The van der Waals surface area contributed by atoms with Gasteiger partial charge in [-0.05, 0) is 24.1 Å². The van der Waals surface area contributed by atoms with Gasteiger partial charge >= 0.3 is 0 Å². The lowest BCUT2D eigenvalue weighted by molar-refractivity contribution is 0.0949. The molecule has 7 nitrogen and oxygen atoms in total. The van der Waals surface area contributed by atoms with Gasteiger partial charge in [-0.1, -0.05) is 12.1 Å². The molecule has 4 N–H and O–H groups in total. The summed E-state index contributed by atoms with van der Waals surface area (Å²) in [6.45, 7) is 0.505. The number of benzene rings is 1. The van der Waals surface area contributed by atoms with Gasteiger partial charge in [0.1, 0.15) is 11.4 Å². The molecule has 7 heteroatoms. The number of nitrogen functional groups attached to an aromatic ring is 1. The van der Waals surface area contributed by atoms with Crippen LogP contribution in [0.3, 0.4) is 0 Å². The van der Waals surface area contributed by atoms with Crippen molar-refractivity contribution in [3.63, 3.8) is 0 Å². The summed E-state index contributed by atoms with van der Waals surface area (Å²) in [5.74, 6) is 6.12. The quantitative estimate of drug-likeness (QED) is 0.535. The molecule has 0 spiro atoms. The van der Waals surface area contributed by atoms with Gasteiger partial charge in [0.25, 0.3) is 5.91 Å². The number of hydrogen-bond donors (Lipinski definition) is 3. The van der Waals surface area contributed by atoms with Gasteiger partial charge in [-0.15, -0.1) is 0 Å². The van der Waals surface area contributed by atoms with E-state index >= 15 is 0 Å². The first-order valence-electron chi connectivity index (χ1n) is 6.42. The van der Waals surface area contributed by atoms with Crippen molar-refractivity contribution < 1.29 is 9.53 Å². The number of aromatic nitrogens is 2. The van der Waals surface area contributed by atoms with Gasteiger partial charge in [0.2, 0.25) is 0 Å². The zero-order valence-electron chi connectivity index (χ0n) is 11.7. The largest absolute Gasteiger partial charge is 0.497 e. The third-order valence-electron chi connectivity index (χ3n) is 2.87. The van der Waals surface area contributed by atoms with E-state index in [-0.39, 0.29) is 11.6 Å². The molecule has 1 amide bonds. The van der Waals surface area contributed by atoms with Crippen LogP contribution in [0.5, 0.6) is 5.75 Å². The molecule has 0 atom stereocenters. The van der Waals surface area contributed by atoms with Crippen molar-refractivity contribution in [1.82, 2.24) is 15.3 Å². The second-order valence-electron chi connectivity index (χ2n) is 4.29. The van der Waals surface area contributed by atoms with Gasteiger partial charge in [-0.25, -0.2) is 15.8 Å².